The molecule has 1 amide bonds. The third-order valence-electron chi connectivity index (χ3n) is 3.09. The average molecular weight is 295 g/mol. The molecule has 0 aliphatic heterocycles. The predicted octanol–water partition coefficient (Wildman–Crippen LogP) is 0.504. The molecular formula is C13H17N3O3S. The van der Waals surface area contributed by atoms with Crippen LogP contribution in [0, 0.1) is 0 Å². The molecule has 0 spiro atoms. The van der Waals surface area contributed by atoms with E-state index in [1.165, 1.54) is 6.92 Å². The summed E-state index contributed by atoms with van der Waals surface area (Å²) >= 11 is 0. The maximum Gasteiger partial charge on any atom is 0.250 e. The highest BCUT2D eigenvalue weighted by Crippen LogP contribution is 2.18. The average Bonchev–Trinajstić information content (AvgIpc) is 2.82. The molecule has 1 aromatic heterocycles. The van der Waals surface area contributed by atoms with E-state index in [4.69, 9.17) is 5.73 Å². The molecule has 2 rings (SSSR count). The van der Waals surface area contributed by atoms with Crippen LogP contribution in [-0.4, -0.2) is 31.1 Å². The zero-order valence-corrected chi connectivity index (χ0v) is 11.9. The second kappa shape index (κ2) is 5.64. The molecule has 0 radical (unpaired) electrons. The van der Waals surface area contributed by atoms with Crippen LogP contribution in [0.2, 0.25) is 0 Å². The quantitative estimate of drug-likeness (QED) is 0.747. The number of hydrogen-bond donors (Lipinski definition) is 3. The van der Waals surface area contributed by atoms with Gasteiger partial charge in [0, 0.05) is 17.1 Å². The minimum atomic E-state index is -3.57. The van der Waals surface area contributed by atoms with Gasteiger partial charge in [-0.25, -0.2) is 8.42 Å². The van der Waals surface area contributed by atoms with Crippen LogP contribution in [0.15, 0.2) is 30.5 Å². The van der Waals surface area contributed by atoms with Crippen molar-refractivity contribution < 1.29 is 13.2 Å². The van der Waals surface area contributed by atoms with Gasteiger partial charge in [-0.15, -0.1) is 0 Å². The fraction of sp³-hybridized carbons (Fsp3) is 0.308. The highest BCUT2D eigenvalue weighted by molar-refractivity contribution is 7.90. The third kappa shape index (κ3) is 3.17. The number of carbonyl (C=O) groups excluding carboxylic acids is 1. The smallest absolute Gasteiger partial charge is 0.250 e. The SMILES string of the molecule is CCS(=O)(=O)NC(=O)[C@H](N)Cc1c[nH]c2ccccc12. The summed E-state index contributed by atoms with van der Waals surface area (Å²) in [5.74, 6) is -0.837. The van der Waals surface area contributed by atoms with E-state index >= 15 is 0 Å². The van der Waals surface area contributed by atoms with E-state index < -0.39 is 22.0 Å². The fourth-order valence-electron chi connectivity index (χ4n) is 1.93. The van der Waals surface area contributed by atoms with Crippen molar-refractivity contribution in [3.05, 3.63) is 36.0 Å². The van der Waals surface area contributed by atoms with Gasteiger partial charge in [-0.05, 0) is 25.0 Å². The van der Waals surface area contributed by atoms with Crippen molar-refractivity contribution in [3.8, 4) is 0 Å². The number of nitrogens with two attached hydrogens (primary N) is 1. The first-order valence-electron chi connectivity index (χ1n) is 6.28. The highest BCUT2D eigenvalue weighted by Gasteiger charge is 2.20. The molecule has 108 valence electrons. The molecule has 7 heteroatoms. The number of aromatic nitrogens is 1. The monoisotopic (exact) mass is 295 g/mol. The van der Waals surface area contributed by atoms with E-state index in [1.54, 1.807) is 6.20 Å². The van der Waals surface area contributed by atoms with Gasteiger partial charge in [0.25, 0.3) is 5.91 Å². The number of para-hydroxylation sites is 1. The maximum atomic E-state index is 11.8. The Morgan fingerprint density at radius 2 is 2.10 bits per heavy atom. The summed E-state index contributed by atoms with van der Waals surface area (Å²) in [7, 11) is -3.57. The maximum absolute atomic E-state index is 11.8. The van der Waals surface area contributed by atoms with Gasteiger partial charge in [-0.1, -0.05) is 18.2 Å². The second-order valence-electron chi connectivity index (χ2n) is 4.54. The lowest BCUT2D eigenvalue weighted by atomic mass is 10.1. The summed E-state index contributed by atoms with van der Waals surface area (Å²) in [5, 5.41) is 0.981. The van der Waals surface area contributed by atoms with Crippen LogP contribution in [-0.2, 0) is 21.2 Å². The molecule has 2 aromatic rings. The molecule has 0 bridgehead atoms. The van der Waals surface area contributed by atoms with Crippen molar-refractivity contribution in [2.45, 2.75) is 19.4 Å². The van der Waals surface area contributed by atoms with Gasteiger partial charge in [0.2, 0.25) is 10.0 Å². The Morgan fingerprint density at radius 1 is 1.40 bits per heavy atom. The zero-order chi connectivity index (χ0) is 14.8. The van der Waals surface area contributed by atoms with E-state index in [2.05, 4.69) is 4.98 Å². The summed E-state index contributed by atoms with van der Waals surface area (Å²) < 4.78 is 24.6. The number of sulfonamides is 1. The molecule has 1 aromatic carbocycles. The summed E-state index contributed by atoms with van der Waals surface area (Å²) in [6.07, 6.45) is 2.06. The third-order valence-corrected chi connectivity index (χ3v) is 4.36. The van der Waals surface area contributed by atoms with Gasteiger partial charge in [-0.3, -0.25) is 9.52 Å². The molecule has 1 heterocycles. The Balaban J connectivity index is 2.12. The first kappa shape index (κ1) is 14.5. The van der Waals surface area contributed by atoms with Crippen molar-refractivity contribution >= 4 is 26.8 Å². The largest absolute Gasteiger partial charge is 0.361 e. The molecule has 0 aliphatic carbocycles. The Hall–Kier alpha value is -1.86. The minimum absolute atomic E-state index is 0.154. The van der Waals surface area contributed by atoms with Crippen molar-refractivity contribution in [1.82, 2.24) is 9.71 Å². The number of amides is 1. The normalized spacial score (nSPS) is 13.3. The van der Waals surface area contributed by atoms with Crippen molar-refractivity contribution in [2.24, 2.45) is 5.73 Å². The molecular weight excluding hydrogens is 278 g/mol. The van der Waals surface area contributed by atoms with Gasteiger partial charge in [0.05, 0.1) is 11.8 Å². The molecule has 0 saturated heterocycles. The first-order chi connectivity index (χ1) is 9.43. The van der Waals surface area contributed by atoms with Gasteiger partial charge in [0.15, 0.2) is 0 Å². The molecule has 4 N–H and O–H groups in total. The molecule has 0 fully saturated rings. The van der Waals surface area contributed by atoms with Crippen molar-refractivity contribution in [2.75, 3.05) is 5.75 Å². The van der Waals surface area contributed by atoms with E-state index in [1.807, 2.05) is 29.0 Å². The number of nitrogens with one attached hydrogen (secondary N) is 2. The Kier molecular flexibility index (Phi) is 4.10. The van der Waals surface area contributed by atoms with Gasteiger partial charge in [-0.2, -0.15) is 0 Å². The zero-order valence-electron chi connectivity index (χ0n) is 11.1. The van der Waals surface area contributed by atoms with Crippen LogP contribution in [0.5, 0.6) is 0 Å². The summed E-state index contributed by atoms with van der Waals surface area (Å²) in [6, 6.07) is 6.74. The van der Waals surface area contributed by atoms with E-state index in [-0.39, 0.29) is 12.2 Å². The van der Waals surface area contributed by atoms with E-state index in [9.17, 15) is 13.2 Å². The number of rotatable bonds is 5. The van der Waals surface area contributed by atoms with E-state index in [0.29, 0.717) is 0 Å². The molecule has 0 aliphatic rings. The number of aromatic amines is 1. The van der Waals surface area contributed by atoms with Gasteiger partial charge >= 0.3 is 0 Å². The lowest BCUT2D eigenvalue weighted by Gasteiger charge is -2.11. The lowest BCUT2D eigenvalue weighted by Crippen LogP contribution is -2.45. The fourth-order valence-corrected chi connectivity index (χ4v) is 2.53. The molecule has 1 atom stereocenters. The minimum Gasteiger partial charge on any atom is -0.361 e. The first-order valence-corrected chi connectivity index (χ1v) is 7.93. The number of hydrogen-bond acceptors (Lipinski definition) is 4. The molecule has 0 saturated carbocycles. The number of benzene rings is 1. The number of H-pyrrole nitrogens is 1. The van der Waals surface area contributed by atoms with Crippen LogP contribution in [0.1, 0.15) is 12.5 Å². The van der Waals surface area contributed by atoms with Crippen LogP contribution in [0.4, 0.5) is 0 Å². The Bertz CT molecular complexity index is 721. The molecule has 0 unspecified atom stereocenters. The number of fused-ring (bicyclic) bond motifs is 1. The van der Waals surface area contributed by atoms with Crippen LogP contribution in [0.25, 0.3) is 10.9 Å². The molecule has 6 nitrogen and oxygen atoms in total. The predicted molar refractivity (Wildman–Crippen MR) is 77.6 cm³/mol. The van der Waals surface area contributed by atoms with Crippen LogP contribution in [0.3, 0.4) is 0 Å². The van der Waals surface area contributed by atoms with E-state index in [0.717, 1.165) is 16.5 Å². The summed E-state index contributed by atoms with van der Waals surface area (Å²) in [5.41, 5.74) is 7.61. The number of carbonyl (C=O) groups is 1. The van der Waals surface area contributed by atoms with Gasteiger partial charge < -0.3 is 10.7 Å². The molecule has 20 heavy (non-hydrogen) atoms. The lowest BCUT2D eigenvalue weighted by molar-refractivity contribution is -0.120. The summed E-state index contributed by atoms with van der Waals surface area (Å²) in [4.78, 5) is 14.8. The highest BCUT2D eigenvalue weighted by atomic mass is 32.2. The second-order valence-corrected chi connectivity index (χ2v) is 6.55. The van der Waals surface area contributed by atoms with Crippen LogP contribution < -0.4 is 10.5 Å². The van der Waals surface area contributed by atoms with Crippen molar-refractivity contribution in [1.29, 1.82) is 0 Å². The van der Waals surface area contributed by atoms with Crippen LogP contribution >= 0.6 is 0 Å². The topological polar surface area (TPSA) is 105 Å². The standard InChI is InChI=1S/C13H17N3O3S/c1-2-20(18,19)16-13(17)11(14)7-9-8-15-12-6-4-3-5-10(9)12/h3-6,8,11,15H,2,7,14H2,1H3,(H,16,17)/t11-/m1/s1. The Morgan fingerprint density at radius 3 is 2.80 bits per heavy atom. The summed E-state index contributed by atoms with van der Waals surface area (Å²) in [6.45, 7) is 1.46. The van der Waals surface area contributed by atoms with Crippen molar-refractivity contribution in [3.63, 3.8) is 0 Å². The Labute approximate surface area is 117 Å². The van der Waals surface area contributed by atoms with Gasteiger partial charge in [0.1, 0.15) is 0 Å².